The van der Waals surface area contributed by atoms with E-state index in [1.165, 1.54) is 10.5 Å². The lowest BCUT2D eigenvalue weighted by Crippen LogP contribution is -2.39. The van der Waals surface area contributed by atoms with Crippen molar-refractivity contribution in [2.24, 2.45) is 5.92 Å². The van der Waals surface area contributed by atoms with Crippen LogP contribution in [0.15, 0.2) is 11.6 Å². The number of carboxylic acids is 1. The third kappa shape index (κ3) is 2.68. The second-order valence-electron chi connectivity index (χ2n) is 5.18. The van der Waals surface area contributed by atoms with E-state index >= 15 is 0 Å². The highest BCUT2D eigenvalue weighted by Gasteiger charge is 2.33. The lowest BCUT2D eigenvalue weighted by molar-refractivity contribution is -0.146. The molecular weight excluding hydrogens is 218 g/mol. The molecule has 4 nitrogen and oxygen atoms in total. The molecule has 1 saturated carbocycles. The van der Waals surface area contributed by atoms with E-state index in [1.807, 2.05) is 0 Å². The Labute approximate surface area is 101 Å². The lowest BCUT2D eigenvalue weighted by atomic mass is 10.1. The first-order valence-corrected chi connectivity index (χ1v) is 6.31. The number of carboxylic acid groups (broad SMARTS) is 1. The minimum atomic E-state index is -0.881. The number of hydrogen-bond donors (Lipinski definition) is 1. The number of hydrogen-bond acceptors (Lipinski definition) is 2. The van der Waals surface area contributed by atoms with Gasteiger partial charge in [0, 0.05) is 12.6 Å². The van der Waals surface area contributed by atoms with Crippen molar-refractivity contribution in [1.82, 2.24) is 4.90 Å². The second-order valence-corrected chi connectivity index (χ2v) is 5.18. The number of nitrogens with zero attached hydrogens (tertiary/aromatic N) is 1. The molecule has 17 heavy (non-hydrogen) atoms. The van der Waals surface area contributed by atoms with Crippen molar-refractivity contribution in [3.63, 3.8) is 0 Å². The number of carbonyl (C=O) groups excluding carboxylic acids is 1. The van der Waals surface area contributed by atoms with Crippen molar-refractivity contribution in [2.75, 3.05) is 6.54 Å². The van der Waals surface area contributed by atoms with Crippen molar-refractivity contribution >= 4 is 11.9 Å². The summed E-state index contributed by atoms with van der Waals surface area (Å²) in [7, 11) is 0. The summed E-state index contributed by atoms with van der Waals surface area (Å²) in [5.74, 6) is -0.337. The quantitative estimate of drug-likeness (QED) is 0.745. The SMILES string of the molecule is C[C@@H]1CC/C(=C\C(=O)N2CCC[C@H]2C(=O)O)C1. The smallest absolute Gasteiger partial charge is 0.326 e. The molecule has 2 atom stereocenters. The Kier molecular flexibility index (Phi) is 3.50. The van der Waals surface area contributed by atoms with Crippen LogP contribution in [-0.2, 0) is 9.59 Å². The molecule has 0 bridgehead atoms. The molecule has 1 aliphatic carbocycles. The molecule has 2 aliphatic rings. The molecule has 94 valence electrons. The largest absolute Gasteiger partial charge is 0.480 e. The van der Waals surface area contributed by atoms with Gasteiger partial charge in [0.2, 0.25) is 5.91 Å². The van der Waals surface area contributed by atoms with Crippen LogP contribution in [0.1, 0.15) is 39.0 Å². The fourth-order valence-corrected chi connectivity index (χ4v) is 2.76. The van der Waals surface area contributed by atoms with Crippen LogP contribution < -0.4 is 0 Å². The molecule has 1 saturated heterocycles. The molecule has 1 amide bonds. The molecule has 0 aromatic heterocycles. The van der Waals surface area contributed by atoms with Crippen LogP contribution in [0.5, 0.6) is 0 Å². The minimum absolute atomic E-state index is 0.112. The topological polar surface area (TPSA) is 57.6 Å². The van der Waals surface area contributed by atoms with Crippen molar-refractivity contribution in [3.05, 3.63) is 11.6 Å². The van der Waals surface area contributed by atoms with Gasteiger partial charge in [-0.05, 0) is 38.0 Å². The Balaban J connectivity index is 2.02. The van der Waals surface area contributed by atoms with Gasteiger partial charge >= 0.3 is 5.97 Å². The summed E-state index contributed by atoms with van der Waals surface area (Å²) in [6.07, 6.45) is 6.16. The normalized spacial score (nSPS) is 31.1. The molecule has 2 fully saturated rings. The maximum absolute atomic E-state index is 12.0. The van der Waals surface area contributed by atoms with Crippen LogP contribution in [-0.4, -0.2) is 34.5 Å². The minimum Gasteiger partial charge on any atom is -0.480 e. The monoisotopic (exact) mass is 237 g/mol. The zero-order chi connectivity index (χ0) is 12.4. The van der Waals surface area contributed by atoms with Crippen molar-refractivity contribution in [1.29, 1.82) is 0 Å². The molecule has 4 heteroatoms. The van der Waals surface area contributed by atoms with Crippen molar-refractivity contribution in [3.8, 4) is 0 Å². The van der Waals surface area contributed by atoms with Gasteiger partial charge in [-0.15, -0.1) is 0 Å². The van der Waals surface area contributed by atoms with E-state index < -0.39 is 12.0 Å². The summed E-state index contributed by atoms with van der Waals surface area (Å²) in [5.41, 5.74) is 1.18. The Hall–Kier alpha value is -1.32. The van der Waals surface area contributed by atoms with E-state index in [-0.39, 0.29) is 5.91 Å². The Morgan fingerprint density at radius 3 is 2.76 bits per heavy atom. The highest BCUT2D eigenvalue weighted by Crippen LogP contribution is 2.30. The van der Waals surface area contributed by atoms with Crippen LogP contribution in [0.3, 0.4) is 0 Å². The van der Waals surface area contributed by atoms with Gasteiger partial charge in [0.15, 0.2) is 0 Å². The third-order valence-corrected chi connectivity index (χ3v) is 3.72. The number of amides is 1. The number of carbonyl (C=O) groups is 2. The lowest BCUT2D eigenvalue weighted by Gasteiger charge is -2.19. The summed E-state index contributed by atoms with van der Waals surface area (Å²) in [6.45, 7) is 2.76. The van der Waals surface area contributed by atoms with Crippen LogP contribution in [0.2, 0.25) is 0 Å². The van der Waals surface area contributed by atoms with E-state index in [1.54, 1.807) is 6.08 Å². The third-order valence-electron chi connectivity index (χ3n) is 3.72. The van der Waals surface area contributed by atoms with Crippen molar-refractivity contribution in [2.45, 2.75) is 45.1 Å². The highest BCUT2D eigenvalue weighted by atomic mass is 16.4. The molecule has 2 rings (SSSR count). The number of aliphatic carboxylic acids is 1. The first-order chi connectivity index (χ1) is 8.08. The molecule has 0 spiro atoms. The van der Waals surface area contributed by atoms with E-state index in [9.17, 15) is 9.59 Å². The van der Waals surface area contributed by atoms with Gasteiger partial charge in [-0.3, -0.25) is 4.79 Å². The van der Waals surface area contributed by atoms with Crippen LogP contribution in [0, 0.1) is 5.92 Å². The molecule has 1 N–H and O–H groups in total. The van der Waals surface area contributed by atoms with Crippen LogP contribution in [0.4, 0.5) is 0 Å². The predicted molar refractivity (Wildman–Crippen MR) is 63.5 cm³/mol. The van der Waals surface area contributed by atoms with Gasteiger partial charge < -0.3 is 10.0 Å². The van der Waals surface area contributed by atoms with Gasteiger partial charge in [0.05, 0.1) is 0 Å². The molecule has 0 aromatic carbocycles. The van der Waals surface area contributed by atoms with E-state index in [0.717, 1.165) is 25.7 Å². The molecule has 0 aromatic rings. The van der Waals surface area contributed by atoms with E-state index in [4.69, 9.17) is 5.11 Å². The number of rotatable bonds is 2. The van der Waals surface area contributed by atoms with E-state index in [0.29, 0.717) is 18.9 Å². The van der Waals surface area contributed by atoms with Gasteiger partial charge in [0.1, 0.15) is 6.04 Å². The fraction of sp³-hybridized carbons (Fsp3) is 0.692. The highest BCUT2D eigenvalue weighted by molar-refractivity contribution is 5.92. The average Bonchev–Trinajstić information content (AvgIpc) is 2.86. The molecule has 1 heterocycles. The predicted octanol–water partition coefficient (Wildman–Crippen LogP) is 1.81. The summed E-state index contributed by atoms with van der Waals surface area (Å²) in [4.78, 5) is 24.5. The average molecular weight is 237 g/mol. The zero-order valence-electron chi connectivity index (χ0n) is 10.2. The van der Waals surface area contributed by atoms with Gasteiger partial charge in [-0.25, -0.2) is 4.79 Å². The molecule has 0 radical (unpaired) electrons. The first kappa shape index (κ1) is 12.1. The standard InChI is InChI=1S/C13H19NO3/c1-9-4-5-10(7-9)8-12(15)14-6-2-3-11(14)13(16)17/h8-9,11H,2-7H2,1H3,(H,16,17)/b10-8+/t9-,11+/m1/s1. The maximum Gasteiger partial charge on any atom is 0.326 e. The Bertz CT molecular complexity index is 362. The second kappa shape index (κ2) is 4.90. The van der Waals surface area contributed by atoms with Gasteiger partial charge in [0.25, 0.3) is 0 Å². The van der Waals surface area contributed by atoms with Gasteiger partial charge in [-0.2, -0.15) is 0 Å². The first-order valence-electron chi connectivity index (χ1n) is 6.31. The fourth-order valence-electron chi connectivity index (χ4n) is 2.76. The summed E-state index contributed by atoms with van der Waals surface area (Å²) >= 11 is 0. The Morgan fingerprint density at radius 2 is 2.18 bits per heavy atom. The summed E-state index contributed by atoms with van der Waals surface area (Å²) in [6, 6.07) is -0.613. The van der Waals surface area contributed by atoms with Gasteiger partial charge in [-0.1, -0.05) is 12.5 Å². The molecule has 0 unspecified atom stereocenters. The maximum atomic E-state index is 12.0. The summed E-state index contributed by atoms with van der Waals surface area (Å²) in [5, 5.41) is 9.02. The number of allylic oxidation sites excluding steroid dienone is 1. The van der Waals surface area contributed by atoms with E-state index in [2.05, 4.69) is 6.92 Å². The molecular formula is C13H19NO3. The Morgan fingerprint density at radius 1 is 1.41 bits per heavy atom. The number of likely N-dealkylation sites (tertiary alicyclic amines) is 1. The summed E-state index contributed by atoms with van der Waals surface area (Å²) < 4.78 is 0. The molecule has 1 aliphatic heterocycles. The zero-order valence-corrected chi connectivity index (χ0v) is 10.2. The van der Waals surface area contributed by atoms with Crippen molar-refractivity contribution < 1.29 is 14.7 Å². The van der Waals surface area contributed by atoms with Crippen LogP contribution >= 0.6 is 0 Å². The van der Waals surface area contributed by atoms with Crippen LogP contribution in [0.25, 0.3) is 0 Å².